The molecule has 1 aliphatic heterocycles. The zero-order chi connectivity index (χ0) is 17.1. The fourth-order valence-electron chi connectivity index (χ4n) is 2.52. The molecule has 0 aromatic heterocycles. The minimum atomic E-state index is -0.693. The Bertz CT molecular complexity index is 457. The van der Waals surface area contributed by atoms with Crippen molar-refractivity contribution in [2.75, 3.05) is 44.7 Å². The van der Waals surface area contributed by atoms with Crippen molar-refractivity contribution in [2.24, 2.45) is 0 Å². The normalized spacial score (nSPS) is 14.8. The second-order valence-electron chi connectivity index (χ2n) is 5.59. The molecule has 0 spiro atoms. The lowest BCUT2D eigenvalue weighted by Crippen LogP contribution is -2.46. The number of aliphatic carboxylic acids is 1. The van der Waals surface area contributed by atoms with Crippen LogP contribution in [0.5, 0.6) is 5.75 Å². The smallest absolute Gasteiger partial charge is 0.303 e. The SMILES string of the molecule is CCCCC(=O)O.CCN1CCN(c2ccccc2OC)CC1. The molecule has 1 aromatic rings. The number of carbonyl (C=O) groups is 1. The molecule has 0 bridgehead atoms. The van der Waals surface area contributed by atoms with Gasteiger partial charge in [-0.3, -0.25) is 4.79 Å². The van der Waals surface area contributed by atoms with E-state index in [0.717, 1.165) is 51.3 Å². The molecule has 0 unspecified atom stereocenters. The number of hydrogen-bond acceptors (Lipinski definition) is 4. The third-order valence-corrected chi connectivity index (χ3v) is 3.99. The summed E-state index contributed by atoms with van der Waals surface area (Å²) in [5.41, 5.74) is 1.22. The molecule has 5 heteroatoms. The van der Waals surface area contributed by atoms with Crippen molar-refractivity contribution >= 4 is 11.7 Å². The Balaban J connectivity index is 0.000000322. The first-order valence-corrected chi connectivity index (χ1v) is 8.44. The van der Waals surface area contributed by atoms with Gasteiger partial charge in [-0.25, -0.2) is 0 Å². The first-order chi connectivity index (χ1) is 11.1. The monoisotopic (exact) mass is 322 g/mol. The Morgan fingerprint density at radius 2 is 1.83 bits per heavy atom. The van der Waals surface area contributed by atoms with Gasteiger partial charge in [0.25, 0.3) is 0 Å². The number of piperazine rings is 1. The maximum Gasteiger partial charge on any atom is 0.303 e. The largest absolute Gasteiger partial charge is 0.495 e. The number of nitrogens with zero attached hydrogens (tertiary/aromatic N) is 2. The molecular weight excluding hydrogens is 292 g/mol. The maximum atomic E-state index is 9.76. The Morgan fingerprint density at radius 1 is 1.17 bits per heavy atom. The molecule has 0 radical (unpaired) electrons. The van der Waals surface area contributed by atoms with Gasteiger partial charge in [0.2, 0.25) is 0 Å². The fourth-order valence-corrected chi connectivity index (χ4v) is 2.52. The Hall–Kier alpha value is -1.75. The number of rotatable bonds is 6. The molecule has 1 aliphatic rings. The molecule has 1 N–H and O–H groups in total. The van der Waals surface area contributed by atoms with Gasteiger partial charge in [0.1, 0.15) is 5.75 Å². The van der Waals surface area contributed by atoms with E-state index in [0.29, 0.717) is 6.42 Å². The predicted octanol–water partition coefficient (Wildman–Crippen LogP) is 3.10. The van der Waals surface area contributed by atoms with E-state index in [9.17, 15) is 4.79 Å². The van der Waals surface area contributed by atoms with Gasteiger partial charge in [0.15, 0.2) is 0 Å². The van der Waals surface area contributed by atoms with Crippen LogP contribution in [0.3, 0.4) is 0 Å². The third-order valence-electron chi connectivity index (χ3n) is 3.99. The van der Waals surface area contributed by atoms with Crippen LogP contribution in [0.2, 0.25) is 0 Å². The number of hydrogen-bond donors (Lipinski definition) is 1. The highest BCUT2D eigenvalue weighted by Crippen LogP contribution is 2.28. The molecule has 1 saturated heterocycles. The lowest BCUT2D eigenvalue weighted by molar-refractivity contribution is -0.137. The standard InChI is InChI=1S/C13H20N2O.C5H10O2/c1-3-14-8-10-15(11-9-14)12-6-4-5-7-13(12)16-2;1-2-3-4-5(6)7/h4-7H,3,8-11H2,1-2H3;2-4H2,1H3,(H,6,7). The highest BCUT2D eigenvalue weighted by Gasteiger charge is 2.17. The van der Waals surface area contributed by atoms with Crippen LogP contribution in [0.25, 0.3) is 0 Å². The molecule has 1 aromatic carbocycles. The topological polar surface area (TPSA) is 53.0 Å². The number of unbranched alkanes of at least 4 members (excludes halogenated alkanes) is 1. The molecule has 0 saturated carbocycles. The summed E-state index contributed by atoms with van der Waals surface area (Å²) in [5.74, 6) is 0.286. The van der Waals surface area contributed by atoms with E-state index in [1.54, 1.807) is 7.11 Å². The summed E-state index contributed by atoms with van der Waals surface area (Å²) in [4.78, 5) is 14.6. The van der Waals surface area contributed by atoms with Crippen molar-refractivity contribution < 1.29 is 14.6 Å². The van der Waals surface area contributed by atoms with Gasteiger partial charge in [-0.2, -0.15) is 0 Å². The van der Waals surface area contributed by atoms with Crippen LogP contribution in [-0.2, 0) is 4.79 Å². The molecule has 1 fully saturated rings. The molecule has 1 heterocycles. The van der Waals surface area contributed by atoms with Crippen molar-refractivity contribution in [3.05, 3.63) is 24.3 Å². The summed E-state index contributed by atoms with van der Waals surface area (Å²) in [6, 6.07) is 8.26. The van der Waals surface area contributed by atoms with E-state index in [-0.39, 0.29) is 0 Å². The van der Waals surface area contributed by atoms with Crippen LogP contribution in [0, 0.1) is 0 Å². The van der Waals surface area contributed by atoms with E-state index in [1.165, 1.54) is 5.69 Å². The molecular formula is C18H30N2O3. The van der Waals surface area contributed by atoms with Crippen LogP contribution in [0.1, 0.15) is 33.1 Å². The first-order valence-electron chi connectivity index (χ1n) is 8.44. The van der Waals surface area contributed by atoms with Crippen molar-refractivity contribution in [2.45, 2.75) is 33.1 Å². The van der Waals surface area contributed by atoms with E-state index in [4.69, 9.17) is 9.84 Å². The van der Waals surface area contributed by atoms with Crippen LogP contribution < -0.4 is 9.64 Å². The number of benzene rings is 1. The lowest BCUT2D eigenvalue weighted by atomic mass is 10.2. The summed E-state index contributed by atoms with van der Waals surface area (Å²) < 4.78 is 5.40. The van der Waals surface area contributed by atoms with Gasteiger partial charge in [-0.05, 0) is 25.1 Å². The second-order valence-corrected chi connectivity index (χ2v) is 5.59. The van der Waals surface area contributed by atoms with Crippen LogP contribution in [-0.4, -0.2) is 55.8 Å². The van der Waals surface area contributed by atoms with Gasteiger partial charge in [0.05, 0.1) is 12.8 Å². The quantitative estimate of drug-likeness (QED) is 0.872. The van der Waals surface area contributed by atoms with Gasteiger partial charge in [0, 0.05) is 32.6 Å². The number of anilines is 1. The average Bonchev–Trinajstić information content (AvgIpc) is 2.60. The summed E-state index contributed by atoms with van der Waals surface area (Å²) in [7, 11) is 1.74. The van der Waals surface area contributed by atoms with Crippen LogP contribution in [0.4, 0.5) is 5.69 Å². The zero-order valence-electron chi connectivity index (χ0n) is 14.6. The predicted molar refractivity (Wildman–Crippen MR) is 94.5 cm³/mol. The number of para-hydroxylation sites is 2. The van der Waals surface area contributed by atoms with E-state index in [2.05, 4.69) is 28.9 Å². The second kappa shape index (κ2) is 10.9. The zero-order valence-corrected chi connectivity index (χ0v) is 14.6. The van der Waals surface area contributed by atoms with Gasteiger partial charge >= 0.3 is 5.97 Å². The number of methoxy groups -OCH3 is 1. The summed E-state index contributed by atoms with van der Waals surface area (Å²) in [6.07, 6.45) is 2.08. The first kappa shape index (κ1) is 19.3. The maximum absolute atomic E-state index is 9.76. The number of carboxylic acids is 1. The number of carboxylic acid groups (broad SMARTS) is 1. The van der Waals surface area contributed by atoms with Crippen LogP contribution in [0.15, 0.2) is 24.3 Å². The van der Waals surface area contributed by atoms with Crippen molar-refractivity contribution in [1.82, 2.24) is 4.90 Å². The minimum absolute atomic E-state index is 0.316. The molecule has 130 valence electrons. The Kier molecular flexibility index (Phi) is 9.14. The molecule has 23 heavy (non-hydrogen) atoms. The number of ether oxygens (including phenoxy) is 1. The van der Waals surface area contributed by atoms with E-state index in [1.807, 2.05) is 19.1 Å². The van der Waals surface area contributed by atoms with Crippen molar-refractivity contribution in [3.8, 4) is 5.75 Å². The Labute approximate surface area is 139 Å². The fraction of sp³-hybridized carbons (Fsp3) is 0.611. The summed E-state index contributed by atoms with van der Waals surface area (Å²) in [5, 5.41) is 8.04. The molecule has 0 atom stereocenters. The van der Waals surface area contributed by atoms with E-state index >= 15 is 0 Å². The Morgan fingerprint density at radius 3 is 2.30 bits per heavy atom. The summed E-state index contributed by atoms with van der Waals surface area (Å²) >= 11 is 0. The van der Waals surface area contributed by atoms with Gasteiger partial charge < -0.3 is 19.6 Å². The average molecular weight is 322 g/mol. The summed E-state index contributed by atoms with van der Waals surface area (Å²) in [6.45, 7) is 9.83. The highest BCUT2D eigenvalue weighted by atomic mass is 16.5. The van der Waals surface area contributed by atoms with Crippen molar-refractivity contribution in [3.63, 3.8) is 0 Å². The van der Waals surface area contributed by atoms with Crippen molar-refractivity contribution in [1.29, 1.82) is 0 Å². The third kappa shape index (κ3) is 6.91. The molecule has 5 nitrogen and oxygen atoms in total. The molecule has 0 aliphatic carbocycles. The minimum Gasteiger partial charge on any atom is -0.495 e. The van der Waals surface area contributed by atoms with Gasteiger partial charge in [-0.1, -0.05) is 32.4 Å². The number of likely N-dealkylation sites (N-methyl/N-ethyl adjacent to an activating group) is 1. The van der Waals surface area contributed by atoms with E-state index < -0.39 is 5.97 Å². The molecule has 0 amide bonds. The van der Waals surface area contributed by atoms with Gasteiger partial charge in [-0.15, -0.1) is 0 Å². The van der Waals surface area contributed by atoms with Crippen LogP contribution >= 0.6 is 0 Å². The lowest BCUT2D eigenvalue weighted by Gasteiger charge is -2.36. The molecule has 2 rings (SSSR count). The highest BCUT2D eigenvalue weighted by molar-refractivity contribution is 5.66.